The van der Waals surface area contributed by atoms with Crippen LogP contribution in [0.5, 0.6) is 0 Å². The van der Waals surface area contributed by atoms with Gasteiger partial charge in [-0.05, 0) is 31.7 Å². The first-order valence-corrected chi connectivity index (χ1v) is 7.55. The zero-order chi connectivity index (χ0) is 15.4. The zero-order valence-corrected chi connectivity index (χ0v) is 12.2. The molecule has 1 saturated heterocycles. The maximum atomic E-state index is 10.3. The van der Waals surface area contributed by atoms with Gasteiger partial charge in [-0.3, -0.25) is 0 Å². The van der Waals surface area contributed by atoms with Crippen molar-refractivity contribution in [3.63, 3.8) is 0 Å². The second-order valence-corrected chi connectivity index (χ2v) is 6.22. The number of aliphatic hydroxyl groups is 3. The molecule has 1 aliphatic carbocycles. The number of hydrogen-bond donors (Lipinski definition) is 3. The Morgan fingerprint density at radius 2 is 2.05 bits per heavy atom. The van der Waals surface area contributed by atoms with Gasteiger partial charge in [-0.25, -0.2) is 9.97 Å². The lowest BCUT2D eigenvalue weighted by Gasteiger charge is -2.20. The van der Waals surface area contributed by atoms with Crippen LogP contribution in [0.25, 0.3) is 11.0 Å². The van der Waals surface area contributed by atoms with Crippen LogP contribution in [-0.4, -0.2) is 54.3 Å². The SMILES string of the molecule is Cc1ncnc2c1ccn2[C@@H]1O[C@H](C(O)C2CC2)[C@@H](O)[C@H]1O. The number of nitrogens with zero attached hydrogens (tertiary/aromatic N) is 3. The van der Waals surface area contributed by atoms with Crippen molar-refractivity contribution >= 4 is 11.0 Å². The molecule has 0 radical (unpaired) electrons. The largest absolute Gasteiger partial charge is 0.390 e. The molecule has 22 heavy (non-hydrogen) atoms. The molecule has 3 heterocycles. The van der Waals surface area contributed by atoms with Crippen LogP contribution in [0, 0.1) is 12.8 Å². The number of aromatic nitrogens is 3. The molecule has 1 saturated carbocycles. The molecule has 1 aliphatic heterocycles. The fraction of sp³-hybridized carbons (Fsp3) is 0.600. The number of hydrogen-bond acceptors (Lipinski definition) is 6. The van der Waals surface area contributed by atoms with Crippen molar-refractivity contribution in [2.75, 3.05) is 0 Å². The minimum absolute atomic E-state index is 0.163. The molecule has 5 atom stereocenters. The van der Waals surface area contributed by atoms with Crippen LogP contribution in [0.15, 0.2) is 18.6 Å². The molecule has 2 aromatic heterocycles. The summed E-state index contributed by atoms with van der Waals surface area (Å²) in [4.78, 5) is 8.38. The Morgan fingerprint density at radius 1 is 1.27 bits per heavy atom. The molecule has 118 valence electrons. The topological polar surface area (TPSA) is 101 Å². The highest BCUT2D eigenvalue weighted by Gasteiger charge is 2.50. The van der Waals surface area contributed by atoms with Gasteiger partial charge in [0.05, 0.1) is 11.8 Å². The monoisotopic (exact) mass is 305 g/mol. The summed E-state index contributed by atoms with van der Waals surface area (Å²) in [5, 5.41) is 31.6. The van der Waals surface area contributed by atoms with E-state index in [1.54, 1.807) is 10.8 Å². The Hall–Kier alpha value is -1.54. The van der Waals surface area contributed by atoms with Crippen LogP contribution < -0.4 is 0 Å². The number of ether oxygens (including phenoxy) is 1. The van der Waals surface area contributed by atoms with Crippen LogP contribution in [0.1, 0.15) is 24.8 Å². The van der Waals surface area contributed by atoms with Gasteiger partial charge >= 0.3 is 0 Å². The third-order valence-electron chi connectivity index (χ3n) is 4.70. The predicted molar refractivity (Wildman–Crippen MR) is 76.9 cm³/mol. The highest BCUT2D eigenvalue weighted by molar-refractivity contribution is 5.78. The van der Waals surface area contributed by atoms with Crippen molar-refractivity contribution in [2.45, 2.75) is 50.4 Å². The summed E-state index contributed by atoms with van der Waals surface area (Å²) < 4.78 is 7.49. The first-order valence-electron chi connectivity index (χ1n) is 7.55. The molecule has 2 aromatic rings. The van der Waals surface area contributed by atoms with Crippen LogP contribution >= 0.6 is 0 Å². The molecule has 0 spiro atoms. The quantitative estimate of drug-likeness (QED) is 0.745. The van der Waals surface area contributed by atoms with Crippen molar-refractivity contribution in [3.05, 3.63) is 24.3 Å². The first kappa shape index (κ1) is 14.1. The van der Waals surface area contributed by atoms with Crippen LogP contribution in [0.2, 0.25) is 0 Å². The van der Waals surface area contributed by atoms with Crippen molar-refractivity contribution in [1.29, 1.82) is 0 Å². The average molecular weight is 305 g/mol. The summed E-state index contributed by atoms with van der Waals surface area (Å²) >= 11 is 0. The van der Waals surface area contributed by atoms with Crippen LogP contribution in [0.3, 0.4) is 0 Å². The summed E-state index contributed by atoms with van der Waals surface area (Å²) in [6.07, 6.45) is 0.605. The summed E-state index contributed by atoms with van der Waals surface area (Å²) in [6.45, 7) is 1.88. The van der Waals surface area contributed by atoms with Gasteiger partial charge < -0.3 is 24.6 Å². The van der Waals surface area contributed by atoms with E-state index in [1.807, 2.05) is 13.0 Å². The van der Waals surface area contributed by atoms with E-state index in [9.17, 15) is 15.3 Å². The maximum Gasteiger partial charge on any atom is 0.164 e. The van der Waals surface area contributed by atoms with Gasteiger partial charge in [0.2, 0.25) is 0 Å². The molecule has 4 rings (SSSR count). The fourth-order valence-corrected chi connectivity index (χ4v) is 3.21. The second kappa shape index (κ2) is 4.99. The van der Waals surface area contributed by atoms with Crippen molar-refractivity contribution in [3.8, 4) is 0 Å². The number of rotatable bonds is 3. The van der Waals surface area contributed by atoms with E-state index in [1.165, 1.54) is 6.33 Å². The molecular weight excluding hydrogens is 286 g/mol. The summed E-state index contributed by atoms with van der Waals surface area (Å²) in [5.74, 6) is 0.163. The number of aliphatic hydroxyl groups excluding tert-OH is 3. The molecule has 0 bridgehead atoms. The fourth-order valence-electron chi connectivity index (χ4n) is 3.21. The van der Waals surface area contributed by atoms with Gasteiger partial charge in [-0.1, -0.05) is 0 Å². The highest BCUT2D eigenvalue weighted by Crippen LogP contribution is 2.41. The molecule has 2 fully saturated rings. The van der Waals surface area contributed by atoms with Crippen LogP contribution in [0.4, 0.5) is 0 Å². The molecule has 7 heteroatoms. The average Bonchev–Trinajstić information content (AvgIpc) is 3.21. The standard InChI is InChI=1S/C15H19N3O4/c1-7-9-4-5-18(14(9)17-6-16-7)15-12(21)11(20)13(22-15)10(19)8-2-3-8/h4-6,8,10-13,15,19-21H,2-3H2,1H3/t10?,11-,12+,13+,15+/m0/s1. The Kier molecular flexibility index (Phi) is 3.19. The second-order valence-electron chi connectivity index (χ2n) is 6.22. The highest BCUT2D eigenvalue weighted by atomic mass is 16.6. The van der Waals surface area contributed by atoms with E-state index in [4.69, 9.17) is 4.74 Å². The van der Waals surface area contributed by atoms with Gasteiger partial charge in [0.25, 0.3) is 0 Å². The molecule has 7 nitrogen and oxygen atoms in total. The molecule has 3 N–H and O–H groups in total. The maximum absolute atomic E-state index is 10.3. The van der Waals surface area contributed by atoms with E-state index in [-0.39, 0.29) is 5.92 Å². The lowest BCUT2D eigenvalue weighted by atomic mass is 10.0. The smallest absolute Gasteiger partial charge is 0.164 e. The third-order valence-corrected chi connectivity index (χ3v) is 4.70. The summed E-state index contributed by atoms with van der Waals surface area (Å²) in [5.41, 5.74) is 1.48. The van der Waals surface area contributed by atoms with Gasteiger partial charge in [0.1, 0.15) is 30.3 Å². The normalized spacial score (nSPS) is 33.5. The Morgan fingerprint density at radius 3 is 2.77 bits per heavy atom. The minimum Gasteiger partial charge on any atom is -0.390 e. The Labute approximate surface area is 127 Å². The Bertz CT molecular complexity index is 699. The van der Waals surface area contributed by atoms with Crippen molar-refractivity contribution in [2.24, 2.45) is 5.92 Å². The Balaban J connectivity index is 1.68. The van der Waals surface area contributed by atoms with E-state index in [2.05, 4.69) is 9.97 Å². The lowest BCUT2D eigenvalue weighted by Crippen LogP contribution is -2.39. The molecule has 0 aromatic carbocycles. The first-order chi connectivity index (χ1) is 10.6. The van der Waals surface area contributed by atoms with Gasteiger partial charge in [0, 0.05) is 11.6 Å². The summed E-state index contributed by atoms with van der Waals surface area (Å²) in [7, 11) is 0. The van der Waals surface area contributed by atoms with Gasteiger partial charge in [-0.2, -0.15) is 0 Å². The lowest BCUT2D eigenvalue weighted by molar-refractivity contribution is -0.0895. The molecule has 1 unspecified atom stereocenters. The van der Waals surface area contributed by atoms with Gasteiger partial charge in [0.15, 0.2) is 6.23 Å². The van der Waals surface area contributed by atoms with E-state index in [0.29, 0.717) is 5.65 Å². The van der Waals surface area contributed by atoms with Crippen LogP contribution in [-0.2, 0) is 4.74 Å². The van der Waals surface area contributed by atoms with Gasteiger partial charge in [-0.15, -0.1) is 0 Å². The summed E-state index contributed by atoms with van der Waals surface area (Å²) in [6, 6.07) is 1.86. The zero-order valence-electron chi connectivity index (χ0n) is 12.2. The minimum atomic E-state index is -1.11. The number of aryl methyl sites for hydroxylation is 1. The molecular formula is C15H19N3O4. The van der Waals surface area contributed by atoms with Crippen molar-refractivity contribution in [1.82, 2.24) is 14.5 Å². The molecule has 2 aliphatic rings. The molecule has 0 amide bonds. The van der Waals surface area contributed by atoms with E-state index >= 15 is 0 Å². The number of fused-ring (bicyclic) bond motifs is 1. The van der Waals surface area contributed by atoms with Crippen molar-refractivity contribution < 1.29 is 20.1 Å². The third kappa shape index (κ3) is 2.04. The van der Waals surface area contributed by atoms with E-state index in [0.717, 1.165) is 23.9 Å². The van der Waals surface area contributed by atoms with E-state index < -0.39 is 30.6 Å². The predicted octanol–water partition coefficient (Wildman–Crippen LogP) is 0.130.